The molecule has 214 valence electrons. The van der Waals surface area contributed by atoms with E-state index in [0.717, 1.165) is 25.3 Å². The number of rotatable bonds is 5. The number of carbonyl (C=O) groups is 6. The lowest BCUT2D eigenvalue weighted by Crippen LogP contribution is -2.58. The van der Waals surface area contributed by atoms with Gasteiger partial charge in [0.1, 0.15) is 11.4 Å². The van der Waals surface area contributed by atoms with E-state index in [2.05, 4.69) is 0 Å². The first-order valence-electron chi connectivity index (χ1n) is 12.5. The Bertz CT molecular complexity index is 1580. The van der Waals surface area contributed by atoms with Gasteiger partial charge in [-0.2, -0.15) is 5.26 Å². The molecule has 13 nitrogen and oxygen atoms in total. The van der Waals surface area contributed by atoms with E-state index in [1.807, 2.05) is 0 Å². The van der Waals surface area contributed by atoms with Crippen molar-refractivity contribution in [3.8, 4) is 11.9 Å². The molecular weight excluding hydrogens is 540 g/mol. The minimum absolute atomic E-state index is 0.199. The zero-order chi connectivity index (χ0) is 30.5. The van der Waals surface area contributed by atoms with Crippen LogP contribution in [-0.4, -0.2) is 56.8 Å². The number of fused-ring (bicyclic) bond motifs is 4. The number of ketones is 2. The molecule has 0 amide bonds. The van der Waals surface area contributed by atoms with Crippen LogP contribution in [0.15, 0.2) is 18.2 Å². The van der Waals surface area contributed by atoms with Crippen molar-refractivity contribution in [1.82, 2.24) is 4.57 Å². The van der Waals surface area contributed by atoms with Crippen molar-refractivity contribution < 1.29 is 52.8 Å². The summed E-state index contributed by atoms with van der Waals surface area (Å²) < 4.78 is 23.2. The monoisotopic (exact) mass is 566 g/mol. The molecular formula is C28H26N2O11. The van der Waals surface area contributed by atoms with E-state index >= 15 is 0 Å². The number of nitriles is 1. The average Bonchev–Trinajstić information content (AvgIpc) is 3.22. The molecule has 0 bridgehead atoms. The Morgan fingerprint density at radius 3 is 2.12 bits per heavy atom. The molecule has 2 aliphatic carbocycles. The van der Waals surface area contributed by atoms with Gasteiger partial charge >= 0.3 is 23.9 Å². The van der Waals surface area contributed by atoms with E-state index in [1.54, 1.807) is 6.19 Å². The van der Waals surface area contributed by atoms with Crippen molar-refractivity contribution in [1.29, 1.82) is 5.26 Å². The van der Waals surface area contributed by atoms with Gasteiger partial charge in [0.05, 0.1) is 22.7 Å². The molecule has 1 heterocycles. The summed E-state index contributed by atoms with van der Waals surface area (Å²) in [5.41, 5.74) is -4.16. The van der Waals surface area contributed by atoms with E-state index in [0.29, 0.717) is 0 Å². The first-order chi connectivity index (χ1) is 19.1. The van der Waals surface area contributed by atoms with Gasteiger partial charge in [0.2, 0.25) is 5.78 Å². The number of esters is 4. The van der Waals surface area contributed by atoms with Crippen molar-refractivity contribution in [2.75, 3.05) is 0 Å². The lowest BCUT2D eigenvalue weighted by Gasteiger charge is -2.47. The number of nitrogens with zero attached hydrogens (tertiary/aromatic N) is 2. The molecule has 0 fully saturated rings. The van der Waals surface area contributed by atoms with Gasteiger partial charge in [0.15, 0.2) is 35.9 Å². The van der Waals surface area contributed by atoms with E-state index < -0.39 is 76.7 Å². The van der Waals surface area contributed by atoms with Crippen LogP contribution >= 0.6 is 0 Å². The van der Waals surface area contributed by atoms with Crippen LogP contribution in [0, 0.1) is 17.4 Å². The van der Waals surface area contributed by atoms with Gasteiger partial charge < -0.3 is 24.1 Å². The highest BCUT2D eigenvalue weighted by Gasteiger charge is 2.63. The Labute approximate surface area is 233 Å². The average molecular weight is 567 g/mol. The maximum Gasteiger partial charge on any atom is 0.309 e. The minimum Gasteiger partial charge on any atom is -0.507 e. The summed E-state index contributed by atoms with van der Waals surface area (Å²) in [4.78, 5) is 77.7. The quantitative estimate of drug-likeness (QED) is 0.351. The third kappa shape index (κ3) is 4.51. The Hall–Kier alpha value is -4.99. The van der Waals surface area contributed by atoms with Crippen LogP contribution in [0.1, 0.15) is 97.0 Å². The molecule has 4 atom stereocenters. The Morgan fingerprint density at radius 2 is 1.59 bits per heavy atom. The highest BCUT2D eigenvalue weighted by atomic mass is 16.6. The fourth-order valence-corrected chi connectivity index (χ4v) is 5.24. The maximum atomic E-state index is 13.9. The van der Waals surface area contributed by atoms with Crippen LogP contribution in [0.25, 0.3) is 0 Å². The Balaban J connectivity index is 2.18. The van der Waals surface area contributed by atoms with Crippen LogP contribution in [0.5, 0.6) is 5.75 Å². The summed E-state index contributed by atoms with van der Waals surface area (Å²) in [6.07, 6.45) is -3.37. The largest absolute Gasteiger partial charge is 0.507 e. The molecule has 0 aliphatic heterocycles. The first-order valence-corrected chi connectivity index (χ1v) is 12.5. The molecule has 41 heavy (non-hydrogen) atoms. The van der Waals surface area contributed by atoms with E-state index in [4.69, 9.17) is 18.9 Å². The number of aromatic hydroxyl groups is 1. The fourth-order valence-electron chi connectivity index (χ4n) is 5.24. The highest BCUT2D eigenvalue weighted by molar-refractivity contribution is 6.29. The maximum absolute atomic E-state index is 13.9. The minimum atomic E-state index is -2.14. The molecule has 13 heteroatoms. The lowest BCUT2D eigenvalue weighted by molar-refractivity contribution is -0.236. The van der Waals surface area contributed by atoms with Gasteiger partial charge in [-0.25, -0.2) is 4.57 Å². The Morgan fingerprint density at radius 1 is 0.976 bits per heavy atom. The zero-order valence-corrected chi connectivity index (χ0v) is 23.0. The molecule has 4 rings (SSSR count). The SMILES string of the molecule is CC(=O)OC1c2c3c(n(C#N)c2C(OC(C)=O)C(C)(OC(=O)C(C)C)C1OC(C)=O)C(=O)c1c(O)cccc1C3=O. The lowest BCUT2D eigenvalue weighted by atomic mass is 9.74. The summed E-state index contributed by atoms with van der Waals surface area (Å²) in [5, 5.41) is 20.7. The second-order valence-electron chi connectivity index (χ2n) is 10.1. The smallest absolute Gasteiger partial charge is 0.309 e. The van der Waals surface area contributed by atoms with Crippen LogP contribution in [0.2, 0.25) is 0 Å². The van der Waals surface area contributed by atoms with Crippen molar-refractivity contribution in [3.63, 3.8) is 0 Å². The van der Waals surface area contributed by atoms with Crippen molar-refractivity contribution in [2.24, 2.45) is 5.92 Å². The Kier molecular flexibility index (Phi) is 7.22. The van der Waals surface area contributed by atoms with Crippen molar-refractivity contribution in [2.45, 2.75) is 65.5 Å². The summed E-state index contributed by atoms with van der Waals surface area (Å²) >= 11 is 0. The molecule has 0 spiro atoms. The van der Waals surface area contributed by atoms with Crippen LogP contribution in [0.4, 0.5) is 0 Å². The molecule has 0 saturated heterocycles. The third-order valence-corrected chi connectivity index (χ3v) is 6.86. The van der Waals surface area contributed by atoms with Crippen LogP contribution < -0.4 is 0 Å². The summed E-state index contributed by atoms with van der Waals surface area (Å²) in [7, 11) is 0. The second kappa shape index (κ2) is 10.2. The number of hydrogen-bond acceptors (Lipinski definition) is 12. The molecule has 2 aliphatic rings. The van der Waals surface area contributed by atoms with Gasteiger partial charge in [0.25, 0.3) is 0 Å². The van der Waals surface area contributed by atoms with Gasteiger partial charge in [-0.15, -0.1) is 0 Å². The predicted octanol–water partition coefficient (Wildman–Crippen LogP) is 2.41. The zero-order valence-electron chi connectivity index (χ0n) is 23.0. The van der Waals surface area contributed by atoms with Gasteiger partial charge in [-0.1, -0.05) is 26.0 Å². The van der Waals surface area contributed by atoms with E-state index in [1.165, 1.54) is 39.0 Å². The van der Waals surface area contributed by atoms with Crippen molar-refractivity contribution in [3.05, 3.63) is 51.8 Å². The number of carbonyl (C=O) groups excluding carboxylic acids is 6. The first kappa shape index (κ1) is 29.0. The summed E-state index contributed by atoms with van der Waals surface area (Å²) in [6.45, 7) is 7.40. The molecule has 1 aromatic carbocycles. The third-order valence-electron chi connectivity index (χ3n) is 6.86. The van der Waals surface area contributed by atoms with E-state index in [9.17, 15) is 39.1 Å². The van der Waals surface area contributed by atoms with Crippen LogP contribution in [0.3, 0.4) is 0 Å². The molecule has 4 unspecified atom stereocenters. The highest BCUT2D eigenvalue weighted by Crippen LogP contribution is 2.54. The standard InChI is InChI=1S/C28H26N2O11/c1-11(2)27(37)41-28(6)25(39-13(4)32)21-19(24(38-12(3)31)26(28)40-14(5)33)18-20(30(21)10-29)23(36)17-15(22(18)35)8-7-9-16(17)34/h7-9,11,24-26,34H,1-6H3. The number of ether oxygens (including phenoxy) is 4. The number of benzene rings is 1. The van der Waals surface area contributed by atoms with Gasteiger partial charge in [-0.3, -0.25) is 28.8 Å². The summed E-state index contributed by atoms with van der Waals surface area (Å²) in [5.74, 6) is -6.54. The summed E-state index contributed by atoms with van der Waals surface area (Å²) in [6, 6.07) is 3.82. The van der Waals surface area contributed by atoms with Crippen LogP contribution in [-0.2, 0) is 38.1 Å². The molecule has 1 N–H and O–H groups in total. The normalized spacial score (nSPS) is 22.5. The molecule has 1 aromatic heterocycles. The molecule has 0 saturated carbocycles. The van der Waals surface area contributed by atoms with E-state index in [-0.39, 0.29) is 27.9 Å². The van der Waals surface area contributed by atoms with Crippen molar-refractivity contribution >= 4 is 35.4 Å². The number of phenolic OH excluding ortho intramolecular Hbond substituents is 1. The number of hydrogen-bond donors (Lipinski definition) is 1. The topological polar surface area (TPSA) is 188 Å². The number of phenols is 1. The molecule has 2 aromatic rings. The predicted molar refractivity (Wildman–Crippen MR) is 134 cm³/mol. The van der Waals surface area contributed by atoms with Gasteiger partial charge in [0, 0.05) is 31.9 Å². The second-order valence-corrected chi connectivity index (χ2v) is 10.1. The molecule has 0 radical (unpaired) electrons. The fraction of sp³-hybridized carbons (Fsp3) is 0.393. The van der Waals surface area contributed by atoms with Gasteiger partial charge in [-0.05, 0) is 13.0 Å². The number of aromatic nitrogens is 1.